The van der Waals surface area contributed by atoms with Gasteiger partial charge < -0.3 is 0 Å². The number of hydrogen-bond acceptors (Lipinski definition) is 1. The monoisotopic (exact) mass is 249 g/mol. The maximum atomic E-state index is 11.5. The third kappa shape index (κ3) is 2.98. The van der Waals surface area contributed by atoms with Gasteiger partial charge in [-0.3, -0.25) is 9.69 Å². The zero-order chi connectivity index (χ0) is 12.8. The van der Waals surface area contributed by atoms with Crippen LogP contribution in [0.5, 0.6) is 0 Å². The van der Waals surface area contributed by atoms with Gasteiger partial charge in [0.05, 0.1) is 0 Å². The van der Waals surface area contributed by atoms with E-state index in [2.05, 4.69) is 6.58 Å². The van der Waals surface area contributed by atoms with Gasteiger partial charge in [0, 0.05) is 23.3 Å². The molecule has 90 valence electrons. The zero-order valence-electron chi connectivity index (χ0n) is 10.1. The van der Waals surface area contributed by atoms with E-state index < -0.39 is 0 Å². The molecule has 0 N–H and O–H groups in total. The molecule has 1 aromatic rings. The van der Waals surface area contributed by atoms with Crippen LogP contribution in [0.1, 0.15) is 19.4 Å². The summed E-state index contributed by atoms with van der Waals surface area (Å²) in [4.78, 5) is 13.1. The summed E-state index contributed by atoms with van der Waals surface area (Å²) < 4.78 is 0. The average Bonchev–Trinajstić information content (AvgIpc) is 2.71. The molecule has 0 aliphatic carbocycles. The van der Waals surface area contributed by atoms with E-state index in [1.807, 2.05) is 38.1 Å². The van der Waals surface area contributed by atoms with Crippen molar-refractivity contribution in [3.05, 3.63) is 54.3 Å². The van der Waals surface area contributed by atoms with E-state index in [0.29, 0.717) is 11.6 Å². The lowest BCUT2D eigenvalue weighted by Crippen LogP contribution is -2.22. The number of benzene rings is 1. The van der Waals surface area contributed by atoms with Gasteiger partial charge in [-0.2, -0.15) is 0 Å². The first-order valence-corrected chi connectivity index (χ1v) is 6.12. The number of amides is 1. The molecule has 17 heavy (non-hydrogen) atoms. The van der Waals surface area contributed by atoms with Crippen LogP contribution in [0.15, 0.2) is 48.7 Å². The minimum atomic E-state index is -0.0632. The van der Waals surface area contributed by atoms with Gasteiger partial charge in [-0.1, -0.05) is 32.6 Å². The van der Waals surface area contributed by atoms with Gasteiger partial charge in [0.15, 0.2) is 0 Å². The third-order valence-corrected chi connectivity index (χ3v) is 2.56. The second-order valence-corrected chi connectivity index (χ2v) is 3.57. The fraction of sp³-hybridized carbons (Fsp3) is 0.214. The van der Waals surface area contributed by atoms with Crippen molar-refractivity contribution in [2.24, 2.45) is 0 Å². The summed E-state index contributed by atoms with van der Waals surface area (Å²) in [5, 5.41) is 0. The molecule has 0 fully saturated rings. The summed E-state index contributed by atoms with van der Waals surface area (Å²) in [5.74, 6) is 0.377. The normalized spacial score (nSPS) is 13.7. The number of halogens is 1. The lowest BCUT2D eigenvalue weighted by Gasteiger charge is -2.17. The van der Waals surface area contributed by atoms with Crippen molar-refractivity contribution in [3.8, 4) is 0 Å². The Kier molecular flexibility index (Phi) is 4.98. The van der Waals surface area contributed by atoms with Gasteiger partial charge in [0.2, 0.25) is 0 Å². The number of alkyl halides is 1. The van der Waals surface area contributed by atoms with E-state index in [1.165, 1.54) is 6.08 Å². The maximum absolute atomic E-state index is 11.5. The molecule has 0 bridgehead atoms. The Morgan fingerprint density at radius 1 is 1.29 bits per heavy atom. The van der Waals surface area contributed by atoms with Gasteiger partial charge in [-0.15, -0.1) is 11.6 Å². The van der Waals surface area contributed by atoms with Crippen molar-refractivity contribution in [1.29, 1.82) is 0 Å². The van der Waals surface area contributed by atoms with Crippen LogP contribution in [-0.2, 0) is 10.7 Å². The van der Waals surface area contributed by atoms with Crippen LogP contribution >= 0.6 is 11.6 Å². The molecule has 1 aliphatic heterocycles. The summed E-state index contributed by atoms with van der Waals surface area (Å²) in [6, 6.07) is 7.56. The smallest absolute Gasteiger partial charge is 0.255 e. The molecule has 0 unspecified atom stereocenters. The number of carbonyl (C=O) groups is 1. The van der Waals surface area contributed by atoms with Crippen molar-refractivity contribution in [2.45, 2.75) is 19.7 Å². The standard InChI is InChI=1S/C12H10ClNO.C2H6/c1-9-5-6-12(15)14(9)11-4-2-3-10(7-11)8-13;1-2/h2-7H,1,8H2;1-2H3. The topological polar surface area (TPSA) is 20.3 Å². The maximum Gasteiger partial charge on any atom is 0.255 e. The van der Waals surface area contributed by atoms with Crippen LogP contribution in [0, 0.1) is 0 Å². The van der Waals surface area contributed by atoms with Gasteiger partial charge in [-0.05, 0) is 23.8 Å². The molecule has 0 aromatic heterocycles. The Hall–Kier alpha value is -1.54. The van der Waals surface area contributed by atoms with Crippen LogP contribution in [-0.4, -0.2) is 5.91 Å². The second-order valence-electron chi connectivity index (χ2n) is 3.30. The fourth-order valence-electron chi connectivity index (χ4n) is 1.53. The Balaban J connectivity index is 0.000000686. The van der Waals surface area contributed by atoms with Gasteiger partial charge in [0.25, 0.3) is 5.91 Å². The van der Waals surface area contributed by atoms with E-state index >= 15 is 0 Å². The number of carbonyl (C=O) groups excluding carboxylic acids is 1. The minimum absolute atomic E-state index is 0.0632. The predicted octanol–water partition coefficient (Wildman–Crippen LogP) is 3.87. The van der Waals surface area contributed by atoms with Crippen LogP contribution in [0.4, 0.5) is 5.69 Å². The molecule has 0 saturated heterocycles. The minimum Gasteiger partial charge on any atom is -0.278 e. The molecular formula is C14H16ClNO. The van der Waals surface area contributed by atoms with Crippen LogP contribution < -0.4 is 4.90 Å². The molecule has 2 nitrogen and oxygen atoms in total. The fourth-order valence-corrected chi connectivity index (χ4v) is 1.70. The molecular weight excluding hydrogens is 234 g/mol. The van der Waals surface area contributed by atoms with Gasteiger partial charge in [-0.25, -0.2) is 0 Å². The zero-order valence-corrected chi connectivity index (χ0v) is 10.9. The van der Waals surface area contributed by atoms with Crippen molar-refractivity contribution in [3.63, 3.8) is 0 Å². The molecule has 0 saturated carbocycles. The van der Waals surface area contributed by atoms with Gasteiger partial charge >= 0.3 is 0 Å². The van der Waals surface area contributed by atoms with E-state index in [0.717, 1.165) is 11.3 Å². The highest BCUT2D eigenvalue weighted by atomic mass is 35.5. The number of rotatable bonds is 2. The summed E-state index contributed by atoms with van der Waals surface area (Å²) in [6.07, 6.45) is 3.21. The Morgan fingerprint density at radius 3 is 2.53 bits per heavy atom. The van der Waals surface area contributed by atoms with Crippen LogP contribution in [0.25, 0.3) is 0 Å². The van der Waals surface area contributed by atoms with Crippen molar-refractivity contribution in [2.75, 3.05) is 4.90 Å². The average molecular weight is 250 g/mol. The lowest BCUT2D eigenvalue weighted by molar-refractivity contribution is -0.113. The second kappa shape index (κ2) is 6.26. The first-order chi connectivity index (χ1) is 8.22. The Labute approximate surface area is 107 Å². The van der Waals surface area contributed by atoms with E-state index in [4.69, 9.17) is 11.6 Å². The Bertz CT molecular complexity index is 433. The lowest BCUT2D eigenvalue weighted by atomic mass is 10.2. The largest absolute Gasteiger partial charge is 0.278 e. The summed E-state index contributed by atoms with van der Waals surface area (Å²) in [7, 11) is 0. The van der Waals surface area contributed by atoms with Gasteiger partial charge in [0.1, 0.15) is 0 Å². The summed E-state index contributed by atoms with van der Waals surface area (Å²) in [5.41, 5.74) is 2.49. The van der Waals surface area contributed by atoms with Crippen molar-refractivity contribution in [1.82, 2.24) is 0 Å². The van der Waals surface area contributed by atoms with Crippen LogP contribution in [0.2, 0.25) is 0 Å². The first-order valence-electron chi connectivity index (χ1n) is 5.58. The van der Waals surface area contributed by atoms with E-state index in [-0.39, 0.29) is 5.91 Å². The predicted molar refractivity (Wildman–Crippen MR) is 73.1 cm³/mol. The number of nitrogens with zero attached hydrogens (tertiary/aromatic N) is 1. The summed E-state index contributed by atoms with van der Waals surface area (Å²) >= 11 is 5.74. The van der Waals surface area contributed by atoms with E-state index in [9.17, 15) is 4.79 Å². The highest BCUT2D eigenvalue weighted by Gasteiger charge is 2.20. The quantitative estimate of drug-likeness (QED) is 0.729. The molecule has 1 aromatic carbocycles. The molecule has 1 amide bonds. The molecule has 3 heteroatoms. The molecule has 0 spiro atoms. The molecule has 2 rings (SSSR count). The van der Waals surface area contributed by atoms with Crippen molar-refractivity contribution >= 4 is 23.2 Å². The molecule has 1 aliphatic rings. The van der Waals surface area contributed by atoms with Crippen molar-refractivity contribution < 1.29 is 4.79 Å². The molecule has 1 heterocycles. The van der Waals surface area contributed by atoms with E-state index in [1.54, 1.807) is 11.0 Å². The summed E-state index contributed by atoms with van der Waals surface area (Å²) in [6.45, 7) is 7.80. The Morgan fingerprint density at radius 2 is 2.00 bits per heavy atom. The number of allylic oxidation sites excluding steroid dienone is 1. The highest BCUT2D eigenvalue weighted by molar-refractivity contribution is 6.17. The molecule has 0 radical (unpaired) electrons. The molecule has 0 atom stereocenters. The van der Waals surface area contributed by atoms with Crippen LogP contribution in [0.3, 0.4) is 0 Å². The number of anilines is 1. The third-order valence-electron chi connectivity index (χ3n) is 2.25. The number of hydrogen-bond donors (Lipinski definition) is 0. The first kappa shape index (κ1) is 13.5. The highest BCUT2D eigenvalue weighted by Crippen LogP contribution is 2.24. The SMILES string of the molecule is C=C1C=CC(=O)N1c1cccc(CCl)c1.CC.